The van der Waals surface area contributed by atoms with E-state index in [-0.39, 0.29) is 41.3 Å². The topological polar surface area (TPSA) is 104 Å². The number of nitrogens with two attached hydrogens (primary N) is 1. The Morgan fingerprint density at radius 1 is 1.24 bits per heavy atom. The summed E-state index contributed by atoms with van der Waals surface area (Å²) in [4.78, 5) is 22.9. The van der Waals surface area contributed by atoms with Gasteiger partial charge in [0.05, 0.1) is 35.5 Å². The molecule has 11 heteroatoms. The average molecular weight is 583 g/mol. The third-order valence-electron chi connectivity index (χ3n) is 5.68. The largest absolute Gasteiger partial charge is 0.397 e. The predicted octanol–water partition coefficient (Wildman–Crippen LogP) is 4.48. The molecule has 1 aliphatic rings. The molecule has 0 saturated carbocycles. The highest BCUT2D eigenvalue weighted by molar-refractivity contribution is 14.1. The normalized spacial score (nSPS) is 18.6. The van der Waals surface area contributed by atoms with E-state index in [1.807, 2.05) is 0 Å². The minimum absolute atomic E-state index is 0.0461. The molecule has 0 spiro atoms. The number of rotatable bonds is 5. The summed E-state index contributed by atoms with van der Waals surface area (Å²) in [6, 6.07) is 10.6. The van der Waals surface area contributed by atoms with E-state index in [4.69, 9.17) is 5.73 Å². The standard InChI is InChI=1S/C23H21F3IN5O2/c24-15-5-2-1-4-14(15)17-7-6-16(28)20(30-17)21(33)31-18-12-29-10-8-19(18)32-11-3-9-22(34,13-32)23(25,26)27/h1-2,4-8,10,12,34H,3,9,11,13,28H2,(H,31,33). The number of aliphatic hydroxyl groups is 1. The molecule has 0 bridgehead atoms. The van der Waals surface area contributed by atoms with Gasteiger partial charge in [-0.3, -0.25) is 9.78 Å². The third-order valence-corrected chi connectivity index (χ3v) is 6.68. The number of halogens is 4. The number of amides is 1. The first-order valence-corrected chi connectivity index (χ1v) is 11.5. The molecule has 0 radical (unpaired) electrons. The van der Waals surface area contributed by atoms with E-state index in [1.54, 1.807) is 23.1 Å². The lowest BCUT2D eigenvalue weighted by atomic mass is 9.93. The minimum atomic E-state index is -3.33. The van der Waals surface area contributed by atoms with Crippen LogP contribution in [0.1, 0.15) is 23.3 Å². The molecule has 1 saturated heterocycles. The molecular weight excluding hydrogens is 562 g/mol. The van der Waals surface area contributed by atoms with Crippen molar-refractivity contribution in [2.75, 3.05) is 29.0 Å². The Balaban J connectivity index is 1.62. The van der Waals surface area contributed by atoms with Crippen molar-refractivity contribution in [3.05, 3.63) is 66.4 Å². The Bertz CT molecular complexity index is 1220. The molecule has 1 atom stereocenters. The quantitative estimate of drug-likeness (QED) is 0.303. The molecule has 178 valence electrons. The summed E-state index contributed by atoms with van der Waals surface area (Å²) in [6.07, 6.45) is 3.13. The lowest BCUT2D eigenvalue weighted by molar-refractivity contribution is -0.113. The number of carbonyl (C=O) groups is 1. The number of β-amino-alcohol motifs (C(OH)–C–C–N with tert-alkyl or cyclic N) is 1. The minimum Gasteiger partial charge on any atom is -0.397 e. The van der Waals surface area contributed by atoms with E-state index in [9.17, 15) is 23.1 Å². The fourth-order valence-corrected chi connectivity index (χ4v) is 4.32. The molecule has 4 rings (SSSR count). The smallest absolute Gasteiger partial charge is 0.326 e. The van der Waals surface area contributed by atoms with Crippen molar-refractivity contribution in [2.24, 2.45) is 0 Å². The molecule has 0 aliphatic carbocycles. The van der Waals surface area contributed by atoms with Crippen molar-refractivity contribution in [3.8, 4) is 11.3 Å². The molecule has 34 heavy (non-hydrogen) atoms. The number of nitrogens with zero attached hydrogens (tertiary/aromatic N) is 3. The zero-order valence-corrected chi connectivity index (χ0v) is 20.0. The third kappa shape index (κ3) is 4.80. The summed E-state index contributed by atoms with van der Waals surface area (Å²) >= 11 is 0.951. The molecule has 1 unspecified atom stereocenters. The van der Waals surface area contributed by atoms with Crippen LogP contribution in [0.4, 0.5) is 30.2 Å². The number of aromatic nitrogens is 2. The van der Waals surface area contributed by atoms with Gasteiger partial charge in [0.25, 0.3) is 5.91 Å². The summed E-state index contributed by atoms with van der Waals surface area (Å²) in [5, 5.41) is 13.2. The number of carbonyl (C=O) groups excluding carboxylic acids is 1. The van der Waals surface area contributed by atoms with Crippen molar-refractivity contribution < 1.29 is 23.1 Å². The van der Waals surface area contributed by atoms with Crippen LogP contribution in [0.25, 0.3) is 11.3 Å². The van der Waals surface area contributed by atoms with E-state index in [0.717, 1.165) is 22.6 Å². The Morgan fingerprint density at radius 3 is 2.74 bits per heavy atom. The average Bonchev–Trinajstić information content (AvgIpc) is 2.79. The van der Waals surface area contributed by atoms with Gasteiger partial charge >= 0.3 is 3.93 Å². The first-order valence-electron chi connectivity index (χ1n) is 10.4. The van der Waals surface area contributed by atoms with Gasteiger partial charge in [-0.25, -0.2) is 9.37 Å². The zero-order chi connectivity index (χ0) is 24.5. The Morgan fingerprint density at radius 2 is 2.00 bits per heavy atom. The molecule has 1 fully saturated rings. The van der Waals surface area contributed by atoms with Gasteiger partial charge in [-0.15, -0.1) is 0 Å². The molecule has 1 amide bonds. The number of anilines is 3. The molecule has 3 heterocycles. The van der Waals surface area contributed by atoms with Crippen LogP contribution in [0.3, 0.4) is 0 Å². The van der Waals surface area contributed by atoms with Crippen molar-refractivity contribution in [1.82, 2.24) is 9.97 Å². The van der Waals surface area contributed by atoms with Gasteiger partial charge in [-0.05, 0) is 43.2 Å². The maximum atomic E-state index is 14.2. The van der Waals surface area contributed by atoms with Gasteiger partial charge in [0.1, 0.15) is 5.82 Å². The van der Waals surface area contributed by atoms with Crippen LogP contribution >= 0.6 is 22.6 Å². The number of piperidine rings is 1. The van der Waals surface area contributed by atoms with Crippen LogP contribution in [0, 0.1) is 5.82 Å². The fourth-order valence-electron chi connectivity index (χ4n) is 3.88. The van der Waals surface area contributed by atoms with Gasteiger partial charge in [0, 0.05) is 40.9 Å². The van der Waals surface area contributed by atoms with Crippen molar-refractivity contribution in [3.63, 3.8) is 0 Å². The Kier molecular flexibility index (Phi) is 6.67. The number of nitrogen functional groups attached to an aromatic ring is 1. The van der Waals surface area contributed by atoms with E-state index >= 15 is 0 Å². The van der Waals surface area contributed by atoms with Gasteiger partial charge in [-0.2, -0.15) is 8.78 Å². The SMILES string of the molecule is Nc1ccc(-c2ccccc2F)nc1C(=O)Nc1cnccc1N1CCCC(O)(C(F)(F)I)C1. The maximum absolute atomic E-state index is 14.2. The van der Waals surface area contributed by atoms with Gasteiger partial charge in [0.2, 0.25) is 0 Å². The highest BCUT2D eigenvalue weighted by atomic mass is 127. The second-order valence-corrected chi connectivity index (χ2v) is 9.37. The van der Waals surface area contributed by atoms with E-state index in [2.05, 4.69) is 15.3 Å². The summed E-state index contributed by atoms with van der Waals surface area (Å²) in [6.45, 7) is 0.0874. The lowest BCUT2D eigenvalue weighted by Gasteiger charge is -2.42. The van der Waals surface area contributed by atoms with Crippen LogP contribution in [-0.2, 0) is 0 Å². The predicted molar refractivity (Wildman–Crippen MR) is 132 cm³/mol. The number of nitrogens with one attached hydrogen (secondary N) is 1. The second-order valence-electron chi connectivity index (χ2n) is 8.02. The van der Waals surface area contributed by atoms with Crippen LogP contribution in [0.15, 0.2) is 54.9 Å². The lowest BCUT2D eigenvalue weighted by Crippen LogP contribution is -2.56. The zero-order valence-electron chi connectivity index (χ0n) is 17.8. The first-order chi connectivity index (χ1) is 16.1. The number of benzene rings is 1. The van der Waals surface area contributed by atoms with E-state index in [0.29, 0.717) is 18.7 Å². The van der Waals surface area contributed by atoms with Crippen molar-refractivity contribution in [2.45, 2.75) is 22.4 Å². The summed E-state index contributed by atoms with van der Waals surface area (Å²) in [7, 11) is 0. The number of hydrogen-bond acceptors (Lipinski definition) is 6. The molecule has 4 N–H and O–H groups in total. The van der Waals surface area contributed by atoms with Crippen LogP contribution < -0.4 is 16.0 Å². The van der Waals surface area contributed by atoms with Crippen molar-refractivity contribution >= 4 is 45.6 Å². The summed E-state index contributed by atoms with van der Waals surface area (Å²) in [5.41, 5.74) is 4.82. The van der Waals surface area contributed by atoms with Gasteiger partial charge in [-0.1, -0.05) is 12.1 Å². The molecule has 1 aromatic carbocycles. The summed E-state index contributed by atoms with van der Waals surface area (Å²) in [5.74, 6) is -1.17. The highest BCUT2D eigenvalue weighted by Gasteiger charge is 2.52. The van der Waals surface area contributed by atoms with E-state index < -0.39 is 21.3 Å². The maximum Gasteiger partial charge on any atom is 0.326 e. The molecule has 3 aromatic rings. The monoisotopic (exact) mass is 583 g/mol. The fraction of sp³-hybridized carbons (Fsp3) is 0.261. The van der Waals surface area contributed by atoms with Crippen molar-refractivity contribution in [1.29, 1.82) is 0 Å². The van der Waals surface area contributed by atoms with Gasteiger partial charge in [0.15, 0.2) is 11.3 Å². The molecular formula is C23H21F3IN5O2. The number of alkyl halides is 3. The first kappa shape index (κ1) is 24.2. The molecule has 2 aromatic heterocycles. The van der Waals surface area contributed by atoms with Crippen LogP contribution in [-0.4, -0.2) is 43.6 Å². The summed E-state index contributed by atoms with van der Waals surface area (Å²) < 4.78 is 39.0. The number of hydrogen-bond donors (Lipinski definition) is 3. The van der Waals surface area contributed by atoms with E-state index in [1.165, 1.54) is 36.7 Å². The van der Waals surface area contributed by atoms with Gasteiger partial charge < -0.3 is 21.1 Å². The molecule has 1 aliphatic heterocycles. The van der Waals surface area contributed by atoms with Crippen LogP contribution in [0.5, 0.6) is 0 Å². The van der Waals surface area contributed by atoms with Crippen LogP contribution in [0.2, 0.25) is 0 Å². The Hall–Kier alpha value is -2.93. The Labute approximate surface area is 207 Å². The number of pyridine rings is 2. The second kappa shape index (κ2) is 9.37. The highest BCUT2D eigenvalue weighted by Crippen LogP contribution is 2.42. The molecule has 7 nitrogen and oxygen atoms in total.